The lowest BCUT2D eigenvalue weighted by Gasteiger charge is -1.95. The predicted molar refractivity (Wildman–Crippen MR) is 60.8 cm³/mol. The van der Waals surface area contributed by atoms with Gasteiger partial charge >= 0.3 is 0 Å². The van der Waals surface area contributed by atoms with Crippen LogP contribution in [-0.2, 0) is 7.05 Å². The number of carbonyl (C=O) groups excluding carboxylic acids is 2. The second-order valence-corrected chi connectivity index (χ2v) is 4.32. The molecule has 2 heterocycles. The van der Waals surface area contributed by atoms with Gasteiger partial charge in [-0.25, -0.2) is 0 Å². The Bertz CT molecular complexity index is 514. The molecule has 82 valence electrons. The highest BCUT2D eigenvalue weighted by molar-refractivity contribution is 7.12. The third-order valence-corrected chi connectivity index (χ3v) is 3.03. The average Bonchev–Trinajstić information content (AvgIpc) is 2.87. The van der Waals surface area contributed by atoms with Crippen LogP contribution in [0, 0.1) is 0 Å². The molecule has 0 aliphatic carbocycles. The fourth-order valence-corrected chi connectivity index (χ4v) is 1.99. The molecule has 0 aromatic carbocycles. The summed E-state index contributed by atoms with van der Waals surface area (Å²) < 4.78 is 1.54. The molecule has 2 rings (SSSR count). The Balaban J connectivity index is 2.06. The molecule has 0 saturated carbocycles. The molecule has 5 heteroatoms. The first kappa shape index (κ1) is 10.8. The fourth-order valence-electron chi connectivity index (χ4n) is 1.32. The largest absolute Gasteiger partial charge is 0.293 e. The zero-order chi connectivity index (χ0) is 11.5. The van der Waals surface area contributed by atoms with Gasteiger partial charge in [-0.3, -0.25) is 14.3 Å². The van der Waals surface area contributed by atoms with E-state index in [9.17, 15) is 9.59 Å². The first-order valence-corrected chi connectivity index (χ1v) is 5.64. The van der Waals surface area contributed by atoms with Gasteiger partial charge in [0.2, 0.25) is 0 Å². The molecule has 0 unspecified atom stereocenters. The summed E-state index contributed by atoms with van der Waals surface area (Å²) >= 11 is 1.35. The van der Waals surface area contributed by atoms with Crippen LogP contribution in [0.25, 0.3) is 0 Å². The molecular formula is C11H10N2O2S. The van der Waals surface area contributed by atoms with Crippen molar-refractivity contribution in [2.75, 3.05) is 0 Å². The molecule has 0 fully saturated rings. The molecule has 0 radical (unpaired) electrons. The fraction of sp³-hybridized carbons (Fsp3) is 0.182. The van der Waals surface area contributed by atoms with Crippen molar-refractivity contribution in [2.24, 2.45) is 7.05 Å². The van der Waals surface area contributed by atoms with Gasteiger partial charge in [-0.1, -0.05) is 6.07 Å². The average molecular weight is 234 g/mol. The summed E-state index contributed by atoms with van der Waals surface area (Å²) in [4.78, 5) is 23.9. The first-order valence-electron chi connectivity index (χ1n) is 4.76. The van der Waals surface area contributed by atoms with Crippen molar-refractivity contribution in [3.63, 3.8) is 0 Å². The van der Waals surface area contributed by atoms with Crippen molar-refractivity contribution < 1.29 is 9.59 Å². The minimum atomic E-state index is -0.237. The number of Topliss-reactive ketones (excluding diaryl/α,β-unsaturated/α-hetero) is 2. The summed E-state index contributed by atoms with van der Waals surface area (Å²) in [7, 11) is 1.73. The second kappa shape index (κ2) is 4.40. The van der Waals surface area contributed by atoms with Crippen LogP contribution in [0.5, 0.6) is 0 Å². The van der Waals surface area contributed by atoms with Gasteiger partial charge < -0.3 is 0 Å². The molecular weight excluding hydrogens is 224 g/mol. The summed E-state index contributed by atoms with van der Waals surface area (Å²) in [6.07, 6.45) is 1.57. The first-order chi connectivity index (χ1) is 7.66. The van der Waals surface area contributed by atoms with Crippen molar-refractivity contribution in [1.82, 2.24) is 9.78 Å². The Morgan fingerprint density at radius 2 is 2.19 bits per heavy atom. The van der Waals surface area contributed by atoms with Crippen molar-refractivity contribution >= 4 is 22.9 Å². The van der Waals surface area contributed by atoms with E-state index in [1.807, 2.05) is 5.38 Å². The number of hydrogen-bond donors (Lipinski definition) is 0. The quantitative estimate of drug-likeness (QED) is 0.600. The molecule has 0 spiro atoms. The summed E-state index contributed by atoms with van der Waals surface area (Å²) in [6, 6.07) is 5.13. The van der Waals surface area contributed by atoms with Gasteiger partial charge in [0.1, 0.15) is 5.69 Å². The number of aryl methyl sites for hydroxylation is 1. The molecule has 2 aromatic heterocycles. The Hall–Kier alpha value is -1.75. The van der Waals surface area contributed by atoms with Crippen LogP contribution >= 0.6 is 11.3 Å². The highest BCUT2D eigenvalue weighted by Gasteiger charge is 2.15. The number of hydrogen-bond acceptors (Lipinski definition) is 4. The van der Waals surface area contributed by atoms with Gasteiger partial charge in [0.05, 0.1) is 11.3 Å². The van der Waals surface area contributed by atoms with E-state index in [0.717, 1.165) is 0 Å². The summed E-state index contributed by atoms with van der Waals surface area (Å²) in [5.74, 6) is -0.385. The smallest absolute Gasteiger partial charge is 0.190 e. The molecule has 0 atom stereocenters. The van der Waals surface area contributed by atoms with E-state index in [4.69, 9.17) is 0 Å². The Morgan fingerprint density at radius 3 is 2.75 bits per heavy atom. The topological polar surface area (TPSA) is 52.0 Å². The van der Waals surface area contributed by atoms with Crippen molar-refractivity contribution in [1.29, 1.82) is 0 Å². The van der Waals surface area contributed by atoms with Gasteiger partial charge in [-0.05, 0) is 17.5 Å². The Kier molecular flexibility index (Phi) is 2.96. The van der Waals surface area contributed by atoms with Gasteiger partial charge in [0.25, 0.3) is 0 Å². The monoisotopic (exact) mass is 234 g/mol. The third kappa shape index (κ3) is 2.25. The van der Waals surface area contributed by atoms with Gasteiger partial charge in [0, 0.05) is 13.2 Å². The maximum Gasteiger partial charge on any atom is 0.190 e. The van der Waals surface area contributed by atoms with Crippen LogP contribution in [0.2, 0.25) is 0 Å². The van der Waals surface area contributed by atoms with Crippen LogP contribution in [0.4, 0.5) is 0 Å². The zero-order valence-corrected chi connectivity index (χ0v) is 9.53. The highest BCUT2D eigenvalue weighted by atomic mass is 32.1. The molecule has 4 nitrogen and oxygen atoms in total. The van der Waals surface area contributed by atoms with Crippen LogP contribution in [0.15, 0.2) is 29.8 Å². The molecule has 0 saturated heterocycles. The second-order valence-electron chi connectivity index (χ2n) is 3.38. The van der Waals surface area contributed by atoms with E-state index in [0.29, 0.717) is 10.6 Å². The number of nitrogens with zero attached hydrogens (tertiary/aromatic N) is 2. The number of aromatic nitrogens is 2. The third-order valence-electron chi connectivity index (χ3n) is 2.12. The molecule has 0 aliphatic heterocycles. The predicted octanol–water partition coefficient (Wildman–Crippen LogP) is 1.94. The number of rotatable bonds is 4. The lowest BCUT2D eigenvalue weighted by Crippen LogP contribution is -2.08. The lowest BCUT2D eigenvalue weighted by atomic mass is 10.1. The molecule has 0 amide bonds. The van der Waals surface area contributed by atoms with Gasteiger partial charge in [0.15, 0.2) is 11.6 Å². The van der Waals surface area contributed by atoms with Crippen LogP contribution < -0.4 is 0 Å². The highest BCUT2D eigenvalue weighted by Crippen LogP contribution is 2.12. The van der Waals surface area contributed by atoms with E-state index in [1.54, 1.807) is 36.1 Å². The summed E-state index contributed by atoms with van der Waals surface area (Å²) in [6.45, 7) is 0. The van der Waals surface area contributed by atoms with E-state index >= 15 is 0 Å². The summed E-state index contributed by atoms with van der Waals surface area (Å²) in [5.41, 5.74) is 0.340. The maximum atomic E-state index is 11.7. The van der Waals surface area contributed by atoms with Gasteiger partial charge in [-0.2, -0.15) is 5.10 Å². The standard InChI is InChI=1S/C11H10N2O2S/c1-13-5-4-8(12-13)9(14)7-10(15)11-3-2-6-16-11/h2-6H,7H2,1H3. The maximum absolute atomic E-state index is 11.7. The van der Waals surface area contributed by atoms with Gasteiger partial charge in [-0.15, -0.1) is 11.3 Å². The van der Waals surface area contributed by atoms with E-state index in [1.165, 1.54) is 11.3 Å². The minimum absolute atomic E-state index is 0.114. The molecule has 2 aromatic rings. The van der Waals surface area contributed by atoms with Crippen molar-refractivity contribution in [3.8, 4) is 0 Å². The molecule has 0 N–H and O–H groups in total. The molecule has 0 bridgehead atoms. The Morgan fingerprint density at radius 1 is 1.38 bits per heavy atom. The minimum Gasteiger partial charge on any atom is -0.293 e. The van der Waals surface area contributed by atoms with E-state index in [-0.39, 0.29) is 18.0 Å². The van der Waals surface area contributed by atoms with Crippen molar-refractivity contribution in [3.05, 3.63) is 40.3 Å². The molecule has 16 heavy (non-hydrogen) atoms. The van der Waals surface area contributed by atoms with Crippen molar-refractivity contribution in [2.45, 2.75) is 6.42 Å². The number of carbonyl (C=O) groups is 2. The molecule has 0 aliphatic rings. The number of thiophene rings is 1. The SMILES string of the molecule is Cn1ccc(C(=O)CC(=O)c2cccs2)n1. The van der Waals surface area contributed by atoms with E-state index in [2.05, 4.69) is 5.10 Å². The summed E-state index contributed by atoms with van der Waals surface area (Å²) in [5, 5.41) is 5.78. The van der Waals surface area contributed by atoms with E-state index < -0.39 is 0 Å². The van der Waals surface area contributed by atoms with Crippen LogP contribution in [-0.4, -0.2) is 21.3 Å². The normalized spacial score (nSPS) is 10.3. The van der Waals surface area contributed by atoms with Crippen LogP contribution in [0.1, 0.15) is 26.6 Å². The number of ketones is 2. The van der Waals surface area contributed by atoms with Crippen LogP contribution in [0.3, 0.4) is 0 Å². The lowest BCUT2D eigenvalue weighted by molar-refractivity contribution is 0.0893. The Labute approximate surface area is 96.5 Å². The zero-order valence-electron chi connectivity index (χ0n) is 8.71.